The van der Waals surface area contributed by atoms with Gasteiger partial charge >= 0.3 is 6.18 Å². The van der Waals surface area contributed by atoms with Crippen LogP contribution in [-0.2, 0) is 6.18 Å². The van der Waals surface area contributed by atoms with E-state index < -0.39 is 11.7 Å². The van der Waals surface area contributed by atoms with E-state index in [0.717, 1.165) is 33.2 Å². The summed E-state index contributed by atoms with van der Waals surface area (Å²) in [7, 11) is 0. The zero-order chi connectivity index (χ0) is 21.3. The highest BCUT2D eigenvalue weighted by Gasteiger charge is 2.31. The summed E-state index contributed by atoms with van der Waals surface area (Å²) in [5, 5.41) is 0.874. The van der Waals surface area contributed by atoms with Gasteiger partial charge in [0.25, 0.3) is 5.91 Å². The number of carbonyl (C=O) groups is 1. The zero-order valence-corrected chi connectivity index (χ0v) is 17.1. The van der Waals surface area contributed by atoms with Gasteiger partial charge in [0.2, 0.25) is 0 Å². The molecular formula is C21H20F3N3O2S. The van der Waals surface area contributed by atoms with Crippen molar-refractivity contribution in [1.82, 2.24) is 9.88 Å². The second kappa shape index (κ2) is 8.14. The van der Waals surface area contributed by atoms with E-state index in [9.17, 15) is 18.0 Å². The number of hydrogen-bond acceptors (Lipinski definition) is 5. The average molecular weight is 435 g/mol. The minimum absolute atomic E-state index is 0.258. The van der Waals surface area contributed by atoms with Crippen LogP contribution < -0.4 is 9.64 Å². The van der Waals surface area contributed by atoms with Gasteiger partial charge in [-0.1, -0.05) is 17.4 Å². The first-order valence-electron chi connectivity index (χ1n) is 9.60. The zero-order valence-electron chi connectivity index (χ0n) is 16.3. The third-order valence-corrected chi connectivity index (χ3v) is 6.05. The maximum absolute atomic E-state index is 12.7. The van der Waals surface area contributed by atoms with Crippen molar-refractivity contribution in [3.05, 3.63) is 53.6 Å². The summed E-state index contributed by atoms with van der Waals surface area (Å²) in [6.45, 7) is 4.67. The fraction of sp³-hybridized carbons (Fsp3) is 0.333. The molecule has 0 saturated carbocycles. The molecule has 1 aliphatic rings. The number of aromatic nitrogens is 1. The molecule has 0 bridgehead atoms. The Kier molecular flexibility index (Phi) is 5.55. The molecule has 0 unspecified atom stereocenters. The number of para-hydroxylation sites is 1. The molecule has 9 heteroatoms. The first-order chi connectivity index (χ1) is 14.4. The van der Waals surface area contributed by atoms with E-state index in [0.29, 0.717) is 32.8 Å². The summed E-state index contributed by atoms with van der Waals surface area (Å²) in [5.41, 5.74) is 0.339. The molecule has 0 spiro atoms. The highest BCUT2D eigenvalue weighted by Crippen LogP contribution is 2.34. The van der Waals surface area contributed by atoms with Crippen LogP contribution in [0.25, 0.3) is 10.2 Å². The Morgan fingerprint density at radius 2 is 1.80 bits per heavy atom. The van der Waals surface area contributed by atoms with Crippen LogP contribution in [0.5, 0.6) is 5.75 Å². The van der Waals surface area contributed by atoms with Crippen molar-refractivity contribution < 1.29 is 22.7 Å². The van der Waals surface area contributed by atoms with Gasteiger partial charge in [0, 0.05) is 31.7 Å². The molecule has 0 atom stereocenters. The molecule has 1 saturated heterocycles. The van der Waals surface area contributed by atoms with Crippen LogP contribution in [0, 0.1) is 0 Å². The fourth-order valence-corrected chi connectivity index (χ4v) is 4.44. The molecule has 3 aromatic rings. The Labute approximate surface area is 175 Å². The topological polar surface area (TPSA) is 45.7 Å². The van der Waals surface area contributed by atoms with Crippen LogP contribution in [0.4, 0.5) is 18.3 Å². The van der Waals surface area contributed by atoms with Gasteiger partial charge in [0.1, 0.15) is 11.3 Å². The van der Waals surface area contributed by atoms with Gasteiger partial charge in [-0.05, 0) is 43.3 Å². The molecular weight excluding hydrogens is 415 g/mol. The number of amides is 1. The van der Waals surface area contributed by atoms with E-state index in [1.165, 1.54) is 12.1 Å². The number of rotatable bonds is 4. The third kappa shape index (κ3) is 4.07. The largest absolute Gasteiger partial charge is 0.492 e. The van der Waals surface area contributed by atoms with Gasteiger partial charge in [-0.3, -0.25) is 4.79 Å². The number of piperazine rings is 1. The van der Waals surface area contributed by atoms with Crippen LogP contribution in [0.1, 0.15) is 22.8 Å². The van der Waals surface area contributed by atoms with Crippen molar-refractivity contribution in [1.29, 1.82) is 0 Å². The van der Waals surface area contributed by atoms with Gasteiger partial charge < -0.3 is 14.5 Å². The minimum atomic E-state index is -4.41. The molecule has 1 fully saturated rings. The van der Waals surface area contributed by atoms with Gasteiger partial charge in [-0.15, -0.1) is 0 Å². The number of fused-ring (bicyclic) bond motifs is 1. The number of thiazole rings is 1. The normalized spacial score (nSPS) is 14.9. The number of nitrogens with zero attached hydrogens (tertiary/aromatic N) is 3. The molecule has 5 nitrogen and oxygen atoms in total. The summed E-state index contributed by atoms with van der Waals surface area (Å²) >= 11 is 1.58. The lowest BCUT2D eigenvalue weighted by molar-refractivity contribution is -0.137. The van der Waals surface area contributed by atoms with Crippen molar-refractivity contribution in [2.75, 3.05) is 37.7 Å². The van der Waals surface area contributed by atoms with E-state index in [4.69, 9.17) is 9.72 Å². The number of alkyl halides is 3. The van der Waals surface area contributed by atoms with Crippen LogP contribution in [-0.4, -0.2) is 48.6 Å². The predicted octanol–water partition coefficient (Wildman–Crippen LogP) is 4.68. The van der Waals surface area contributed by atoms with Crippen LogP contribution in [0.15, 0.2) is 42.5 Å². The van der Waals surface area contributed by atoms with E-state index in [1.54, 1.807) is 16.2 Å². The number of ether oxygens (including phenoxy) is 1. The van der Waals surface area contributed by atoms with Crippen molar-refractivity contribution in [3.8, 4) is 5.75 Å². The smallest absolute Gasteiger partial charge is 0.416 e. The summed E-state index contributed by atoms with van der Waals surface area (Å²) in [4.78, 5) is 21.2. The molecule has 30 heavy (non-hydrogen) atoms. The van der Waals surface area contributed by atoms with Crippen LogP contribution >= 0.6 is 11.3 Å². The van der Waals surface area contributed by atoms with Crippen LogP contribution in [0.2, 0.25) is 0 Å². The summed E-state index contributed by atoms with van der Waals surface area (Å²) in [5.74, 6) is 0.500. The predicted molar refractivity (Wildman–Crippen MR) is 110 cm³/mol. The lowest BCUT2D eigenvalue weighted by Crippen LogP contribution is -2.48. The maximum Gasteiger partial charge on any atom is 0.416 e. The van der Waals surface area contributed by atoms with Gasteiger partial charge in [-0.2, -0.15) is 13.2 Å². The van der Waals surface area contributed by atoms with E-state index in [1.807, 2.05) is 25.1 Å². The molecule has 4 rings (SSSR count). The average Bonchev–Trinajstić information content (AvgIpc) is 3.18. The number of halogens is 3. The summed E-state index contributed by atoms with van der Waals surface area (Å²) < 4.78 is 44.8. The number of carbonyl (C=O) groups excluding carboxylic acids is 1. The van der Waals surface area contributed by atoms with Crippen molar-refractivity contribution >= 4 is 32.6 Å². The number of anilines is 1. The molecule has 2 heterocycles. The molecule has 1 aliphatic heterocycles. The third-order valence-electron chi connectivity index (χ3n) is 4.97. The van der Waals surface area contributed by atoms with Crippen molar-refractivity contribution in [3.63, 3.8) is 0 Å². The Morgan fingerprint density at radius 3 is 2.43 bits per heavy atom. The highest BCUT2D eigenvalue weighted by molar-refractivity contribution is 7.22. The molecule has 0 N–H and O–H groups in total. The Morgan fingerprint density at radius 1 is 1.10 bits per heavy atom. The van der Waals surface area contributed by atoms with Crippen molar-refractivity contribution in [2.45, 2.75) is 13.1 Å². The van der Waals surface area contributed by atoms with Crippen LogP contribution in [0.3, 0.4) is 0 Å². The Bertz CT molecular complexity index is 1040. The number of benzene rings is 2. The van der Waals surface area contributed by atoms with Gasteiger partial charge in [-0.25, -0.2) is 4.98 Å². The monoisotopic (exact) mass is 435 g/mol. The molecule has 1 aromatic heterocycles. The SMILES string of the molecule is CCOc1cccc2sc(N3CCN(C(=O)c4ccc(C(F)(F)F)cc4)CC3)nc12. The lowest BCUT2D eigenvalue weighted by Gasteiger charge is -2.34. The van der Waals surface area contributed by atoms with Gasteiger partial charge in [0.15, 0.2) is 5.13 Å². The van der Waals surface area contributed by atoms with Gasteiger partial charge in [0.05, 0.1) is 16.9 Å². The second-order valence-corrected chi connectivity index (χ2v) is 7.90. The van der Waals surface area contributed by atoms with E-state index in [2.05, 4.69) is 4.90 Å². The second-order valence-electron chi connectivity index (χ2n) is 6.89. The Hall–Kier alpha value is -2.81. The van der Waals surface area contributed by atoms with Crippen molar-refractivity contribution in [2.24, 2.45) is 0 Å². The Balaban J connectivity index is 1.43. The maximum atomic E-state index is 12.7. The quantitative estimate of drug-likeness (QED) is 0.597. The molecule has 1 amide bonds. The first-order valence-corrected chi connectivity index (χ1v) is 10.4. The lowest BCUT2D eigenvalue weighted by atomic mass is 10.1. The molecule has 158 valence electrons. The fourth-order valence-electron chi connectivity index (χ4n) is 3.40. The summed E-state index contributed by atoms with van der Waals surface area (Å²) in [6.07, 6.45) is -4.41. The van der Waals surface area contributed by atoms with E-state index in [-0.39, 0.29) is 11.5 Å². The molecule has 0 radical (unpaired) electrons. The first kappa shape index (κ1) is 20.5. The standard InChI is InChI=1S/C21H20F3N3O2S/c1-2-29-16-4-3-5-17-18(16)25-20(30-17)27-12-10-26(11-13-27)19(28)14-6-8-15(9-7-14)21(22,23)24/h3-9H,2,10-13H2,1H3. The highest BCUT2D eigenvalue weighted by atomic mass is 32.1. The van der Waals surface area contributed by atoms with E-state index >= 15 is 0 Å². The summed E-state index contributed by atoms with van der Waals surface area (Å²) in [6, 6.07) is 10.2. The number of hydrogen-bond donors (Lipinski definition) is 0. The minimum Gasteiger partial charge on any atom is -0.492 e. The molecule has 0 aliphatic carbocycles. The molecule has 2 aromatic carbocycles.